The standard InChI is InChI=1S/C22H26N4O4S/c1-14-6-9-18(10-7-14)21-24-20(30-25-21)13-23-22(27)17(4)26(31(5,28)29)19-11-8-15(2)16(3)12-19/h6-12,17H,13H2,1-5H3,(H,23,27)/t17-/m0/s1. The van der Waals surface area contributed by atoms with Gasteiger partial charge in [0.2, 0.25) is 27.6 Å². The number of aryl methyl sites for hydroxylation is 3. The predicted octanol–water partition coefficient (Wildman–Crippen LogP) is 3.13. The van der Waals surface area contributed by atoms with Gasteiger partial charge in [0.15, 0.2) is 0 Å². The first-order chi connectivity index (χ1) is 14.6. The lowest BCUT2D eigenvalue weighted by atomic mass is 10.1. The first-order valence-electron chi connectivity index (χ1n) is 9.80. The summed E-state index contributed by atoms with van der Waals surface area (Å²) in [4.78, 5) is 17.0. The zero-order valence-electron chi connectivity index (χ0n) is 18.2. The van der Waals surface area contributed by atoms with Gasteiger partial charge in [-0.1, -0.05) is 41.1 Å². The van der Waals surface area contributed by atoms with E-state index < -0.39 is 22.0 Å². The molecule has 3 rings (SSSR count). The van der Waals surface area contributed by atoms with Crippen LogP contribution < -0.4 is 9.62 Å². The van der Waals surface area contributed by atoms with Gasteiger partial charge >= 0.3 is 0 Å². The molecular weight excluding hydrogens is 416 g/mol. The van der Waals surface area contributed by atoms with E-state index in [0.717, 1.165) is 32.8 Å². The summed E-state index contributed by atoms with van der Waals surface area (Å²) in [6.07, 6.45) is 1.08. The average molecular weight is 443 g/mol. The van der Waals surface area contributed by atoms with Gasteiger partial charge in [0.05, 0.1) is 18.5 Å². The number of carbonyl (C=O) groups excluding carboxylic acids is 1. The molecule has 0 saturated carbocycles. The van der Waals surface area contributed by atoms with Crippen LogP contribution in [-0.2, 0) is 21.4 Å². The van der Waals surface area contributed by atoms with E-state index in [1.807, 2.05) is 51.1 Å². The number of nitrogens with one attached hydrogen (secondary N) is 1. The van der Waals surface area contributed by atoms with E-state index >= 15 is 0 Å². The van der Waals surface area contributed by atoms with Crippen LogP contribution in [0.1, 0.15) is 29.5 Å². The van der Waals surface area contributed by atoms with Crippen LogP contribution in [0, 0.1) is 20.8 Å². The van der Waals surface area contributed by atoms with Crippen molar-refractivity contribution >= 4 is 21.6 Å². The highest BCUT2D eigenvalue weighted by molar-refractivity contribution is 7.92. The molecule has 0 spiro atoms. The summed E-state index contributed by atoms with van der Waals surface area (Å²) in [5.41, 5.74) is 4.34. The normalized spacial score (nSPS) is 12.4. The van der Waals surface area contributed by atoms with Crippen molar-refractivity contribution in [3.8, 4) is 11.4 Å². The van der Waals surface area contributed by atoms with Gasteiger partial charge in [-0.25, -0.2) is 8.42 Å². The maximum Gasteiger partial charge on any atom is 0.246 e. The number of nitrogens with zero attached hydrogens (tertiary/aromatic N) is 3. The third kappa shape index (κ3) is 5.29. The topological polar surface area (TPSA) is 105 Å². The van der Waals surface area contributed by atoms with E-state index in [1.54, 1.807) is 12.1 Å². The SMILES string of the molecule is Cc1ccc(-c2noc(CNC(=O)[C@H](C)N(c3ccc(C)c(C)c3)S(C)(=O)=O)n2)cc1. The lowest BCUT2D eigenvalue weighted by Crippen LogP contribution is -2.47. The number of carbonyl (C=O) groups is 1. The molecule has 1 aromatic heterocycles. The van der Waals surface area contributed by atoms with Gasteiger partial charge in [-0.15, -0.1) is 0 Å². The number of sulfonamides is 1. The van der Waals surface area contributed by atoms with E-state index in [2.05, 4.69) is 15.5 Å². The highest BCUT2D eigenvalue weighted by atomic mass is 32.2. The van der Waals surface area contributed by atoms with Gasteiger partial charge in [0.1, 0.15) is 6.04 Å². The molecule has 164 valence electrons. The minimum atomic E-state index is -3.69. The van der Waals surface area contributed by atoms with Crippen LogP contribution >= 0.6 is 0 Å². The molecule has 0 radical (unpaired) electrons. The van der Waals surface area contributed by atoms with Crippen LogP contribution in [0.3, 0.4) is 0 Å². The van der Waals surface area contributed by atoms with Crippen LogP contribution in [0.5, 0.6) is 0 Å². The van der Waals surface area contributed by atoms with Crippen molar-refractivity contribution in [3.63, 3.8) is 0 Å². The second kappa shape index (κ2) is 8.89. The lowest BCUT2D eigenvalue weighted by molar-refractivity contribution is -0.122. The number of aromatic nitrogens is 2. The van der Waals surface area contributed by atoms with Gasteiger partial charge in [0.25, 0.3) is 0 Å². The maximum atomic E-state index is 12.7. The molecule has 0 aliphatic carbocycles. The molecule has 3 aromatic rings. The van der Waals surface area contributed by atoms with Crippen molar-refractivity contribution in [2.75, 3.05) is 10.6 Å². The number of benzene rings is 2. The smallest absolute Gasteiger partial charge is 0.246 e. The monoisotopic (exact) mass is 442 g/mol. The van der Waals surface area contributed by atoms with Crippen molar-refractivity contribution in [2.45, 2.75) is 40.3 Å². The second-order valence-corrected chi connectivity index (χ2v) is 9.46. The van der Waals surface area contributed by atoms with E-state index in [-0.39, 0.29) is 12.4 Å². The largest absolute Gasteiger partial charge is 0.345 e. The quantitative estimate of drug-likeness (QED) is 0.603. The molecule has 0 aliphatic heterocycles. The third-order valence-electron chi connectivity index (χ3n) is 5.03. The summed E-state index contributed by atoms with van der Waals surface area (Å²) in [5.74, 6) is 0.178. The number of hydrogen-bond donors (Lipinski definition) is 1. The maximum absolute atomic E-state index is 12.7. The zero-order valence-corrected chi connectivity index (χ0v) is 19.0. The fraction of sp³-hybridized carbons (Fsp3) is 0.318. The molecule has 0 bridgehead atoms. The van der Waals surface area contributed by atoms with Crippen LogP contribution in [0.4, 0.5) is 5.69 Å². The van der Waals surface area contributed by atoms with E-state index in [4.69, 9.17) is 4.52 Å². The molecule has 0 unspecified atom stereocenters. The van der Waals surface area contributed by atoms with E-state index in [1.165, 1.54) is 6.92 Å². The summed E-state index contributed by atoms with van der Waals surface area (Å²) >= 11 is 0. The summed E-state index contributed by atoms with van der Waals surface area (Å²) in [6.45, 7) is 7.35. The molecule has 31 heavy (non-hydrogen) atoms. The van der Waals surface area contributed by atoms with Crippen molar-refractivity contribution in [2.24, 2.45) is 0 Å². The number of amides is 1. The highest BCUT2D eigenvalue weighted by Crippen LogP contribution is 2.24. The Morgan fingerprint density at radius 1 is 1.10 bits per heavy atom. The van der Waals surface area contributed by atoms with Crippen LogP contribution in [0.25, 0.3) is 11.4 Å². The van der Waals surface area contributed by atoms with Gasteiger partial charge in [-0.3, -0.25) is 9.10 Å². The minimum Gasteiger partial charge on any atom is -0.345 e. The highest BCUT2D eigenvalue weighted by Gasteiger charge is 2.29. The molecule has 0 aliphatic rings. The van der Waals surface area contributed by atoms with Crippen LogP contribution in [0.15, 0.2) is 47.0 Å². The van der Waals surface area contributed by atoms with Gasteiger partial charge in [-0.05, 0) is 51.0 Å². The second-order valence-electron chi connectivity index (χ2n) is 7.60. The molecule has 2 aromatic carbocycles. The molecule has 8 nitrogen and oxygen atoms in total. The van der Waals surface area contributed by atoms with Gasteiger partial charge < -0.3 is 9.84 Å². The molecule has 1 heterocycles. The fourth-order valence-corrected chi connectivity index (χ4v) is 4.30. The van der Waals surface area contributed by atoms with Crippen molar-refractivity contribution in [1.82, 2.24) is 15.5 Å². The number of hydrogen-bond acceptors (Lipinski definition) is 6. The molecular formula is C22H26N4O4S. The Labute approximate surface area is 182 Å². The molecule has 1 amide bonds. The predicted molar refractivity (Wildman–Crippen MR) is 119 cm³/mol. The molecule has 1 atom stereocenters. The van der Waals surface area contributed by atoms with Crippen molar-refractivity contribution in [3.05, 3.63) is 65.0 Å². The molecule has 0 fully saturated rings. The van der Waals surface area contributed by atoms with Crippen LogP contribution in [-0.4, -0.2) is 36.8 Å². The Hall–Kier alpha value is -3.20. The molecule has 1 N–H and O–H groups in total. The lowest BCUT2D eigenvalue weighted by Gasteiger charge is -2.28. The van der Waals surface area contributed by atoms with Crippen LogP contribution in [0.2, 0.25) is 0 Å². The van der Waals surface area contributed by atoms with Crippen molar-refractivity contribution < 1.29 is 17.7 Å². The van der Waals surface area contributed by atoms with Gasteiger partial charge in [0, 0.05) is 5.56 Å². The summed E-state index contributed by atoms with van der Waals surface area (Å²) < 4.78 is 31.2. The first-order valence-corrected chi connectivity index (χ1v) is 11.6. The Bertz CT molecular complexity index is 1190. The first kappa shape index (κ1) is 22.5. The van der Waals surface area contributed by atoms with E-state index in [0.29, 0.717) is 11.5 Å². The molecule has 9 heteroatoms. The fourth-order valence-electron chi connectivity index (χ4n) is 3.13. The Morgan fingerprint density at radius 2 is 1.77 bits per heavy atom. The zero-order chi connectivity index (χ0) is 22.8. The Morgan fingerprint density at radius 3 is 2.39 bits per heavy atom. The van der Waals surface area contributed by atoms with E-state index in [9.17, 15) is 13.2 Å². The third-order valence-corrected chi connectivity index (χ3v) is 6.27. The average Bonchev–Trinajstić information content (AvgIpc) is 3.17. The molecule has 0 saturated heterocycles. The minimum absolute atomic E-state index is 0.00738. The number of anilines is 1. The summed E-state index contributed by atoms with van der Waals surface area (Å²) in [5, 5.41) is 6.61. The Balaban J connectivity index is 1.72. The summed E-state index contributed by atoms with van der Waals surface area (Å²) in [7, 11) is -3.69. The summed E-state index contributed by atoms with van der Waals surface area (Å²) in [6, 6.07) is 12.0. The number of rotatable bonds is 7. The Kier molecular flexibility index (Phi) is 6.45. The van der Waals surface area contributed by atoms with Gasteiger partial charge in [-0.2, -0.15) is 4.98 Å². The van der Waals surface area contributed by atoms with Crippen molar-refractivity contribution in [1.29, 1.82) is 0 Å².